The summed E-state index contributed by atoms with van der Waals surface area (Å²) < 4.78 is 5.83. The number of hydrogen-bond donors (Lipinski definition) is 1. The van der Waals surface area contributed by atoms with Gasteiger partial charge in [0.25, 0.3) is 0 Å². The van der Waals surface area contributed by atoms with Gasteiger partial charge in [-0.3, -0.25) is 14.5 Å². The molecule has 1 unspecified atom stereocenters. The number of carbonyl (C=O) groups excluding carboxylic acids is 2. The summed E-state index contributed by atoms with van der Waals surface area (Å²) in [5.41, 5.74) is -0.110. The molecule has 0 bridgehead atoms. The Kier molecular flexibility index (Phi) is 8.75. The summed E-state index contributed by atoms with van der Waals surface area (Å²) in [6.45, 7) is 15.0. The Morgan fingerprint density at radius 1 is 1.21 bits per heavy atom. The molecule has 0 aliphatic carbocycles. The third kappa shape index (κ3) is 7.03. The van der Waals surface area contributed by atoms with Crippen molar-refractivity contribution in [1.82, 2.24) is 15.1 Å². The third-order valence-corrected chi connectivity index (χ3v) is 6.17. The maximum Gasteiger partial charge on any atom is 0.236 e. The van der Waals surface area contributed by atoms with Crippen molar-refractivity contribution in [3.8, 4) is 0 Å². The van der Waals surface area contributed by atoms with Gasteiger partial charge in [0.15, 0.2) is 0 Å². The van der Waals surface area contributed by atoms with Crippen molar-refractivity contribution in [2.24, 2.45) is 11.8 Å². The van der Waals surface area contributed by atoms with E-state index in [1.165, 1.54) is 0 Å². The molecule has 0 saturated carbocycles. The molecule has 6 heteroatoms. The Hall–Kier alpha value is -1.14. The summed E-state index contributed by atoms with van der Waals surface area (Å²) in [6, 6.07) is 0.405. The van der Waals surface area contributed by atoms with Crippen LogP contribution in [0.15, 0.2) is 0 Å². The van der Waals surface area contributed by atoms with Gasteiger partial charge in [-0.05, 0) is 58.4 Å². The molecule has 1 atom stereocenters. The molecular formula is C22H41N3O3. The van der Waals surface area contributed by atoms with Gasteiger partial charge in [0.2, 0.25) is 11.8 Å². The van der Waals surface area contributed by atoms with Gasteiger partial charge in [-0.25, -0.2) is 0 Å². The number of ether oxygens (including phenoxy) is 1. The summed E-state index contributed by atoms with van der Waals surface area (Å²) in [5.74, 6) is 1.01. The Labute approximate surface area is 171 Å². The summed E-state index contributed by atoms with van der Waals surface area (Å²) in [7, 11) is 0. The SMILES string of the molecule is CCN(CC(=O)N1CCC(C(=O)NCCC(C)C)CC1)C1CCOC(C)(C)C1. The first-order chi connectivity index (χ1) is 13.2. The quantitative estimate of drug-likeness (QED) is 0.686. The third-order valence-electron chi connectivity index (χ3n) is 6.17. The molecule has 162 valence electrons. The minimum atomic E-state index is -0.110. The molecule has 2 heterocycles. The second kappa shape index (κ2) is 10.6. The van der Waals surface area contributed by atoms with Crippen molar-refractivity contribution in [3.63, 3.8) is 0 Å². The highest BCUT2D eigenvalue weighted by atomic mass is 16.5. The molecule has 2 rings (SSSR count). The lowest BCUT2D eigenvalue weighted by Gasteiger charge is -2.41. The molecule has 0 aromatic carbocycles. The lowest BCUT2D eigenvalue weighted by atomic mass is 9.92. The van der Waals surface area contributed by atoms with Gasteiger partial charge in [-0.15, -0.1) is 0 Å². The second-order valence-corrected chi connectivity index (χ2v) is 9.45. The maximum absolute atomic E-state index is 12.8. The van der Waals surface area contributed by atoms with Crippen molar-refractivity contribution in [1.29, 1.82) is 0 Å². The van der Waals surface area contributed by atoms with Crippen LogP contribution in [0.5, 0.6) is 0 Å². The molecular weight excluding hydrogens is 354 g/mol. The number of likely N-dealkylation sites (tertiary alicyclic amines) is 1. The number of hydrogen-bond acceptors (Lipinski definition) is 4. The summed E-state index contributed by atoms with van der Waals surface area (Å²) in [5, 5.41) is 3.06. The molecule has 2 amide bonds. The van der Waals surface area contributed by atoms with Crippen LogP contribution in [0.25, 0.3) is 0 Å². The minimum Gasteiger partial charge on any atom is -0.375 e. The Morgan fingerprint density at radius 2 is 1.89 bits per heavy atom. The Bertz CT molecular complexity index is 513. The van der Waals surface area contributed by atoms with E-state index in [1.54, 1.807) is 0 Å². The fourth-order valence-corrected chi connectivity index (χ4v) is 4.30. The first-order valence-corrected chi connectivity index (χ1v) is 11.2. The summed E-state index contributed by atoms with van der Waals surface area (Å²) in [6.07, 6.45) is 4.51. The number of carbonyl (C=O) groups is 2. The van der Waals surface area contributed by atoms with Gasteiger partial charge in [-0.1, -0.05) is 20.8 Å². The van der Waals surface area contributed by atoms with E-state index in [0.717, 1.165) is 51.8 Å². The van der Waals surface area contributed by atoms with Crippen LogP contribution in [-0.2, 0) is 14.3 Å². The number of rotatable bonds is 8. The second-order valence-electron chi connectivity index (χ2n) is 9.45. The minimum absolute atomic E-state index is 0.0507. The molecule has 2 aliphatic rings. The average molecular weight is 396 g/mol. The van der Waals surface area contributed by atoms with Crippen LogP contribution < -0.4 is 5.32 Å². The lowest BCUT2D eigenvalue weighted by Crippen LogP contribution is -2.51. The number of nitrogens with zero attached hydrogens (tertiary/aromatic N) is 2. The van der Waals surface area contributed by atoms with Gasteiger partial charge >= 0.3 is 0 Å². The zero-order valence-corrected chi connectivity index (χ0v) is 18.6. The molecule has 2 aliphatic heterocycles. The van der Waals surface area contributed by atoms with Crippen molar-refractivity contribution < 1.29 is 14.3 Å². The molecule has 2 fully saturated rings. The van der Waals surface area contributed by atoms with E-state index in [4.69, 9.17) is 4.74 Å². The normalized spacial score (nSPS) is 23.2. The van der Waals surface area contributed by atoms with Crippen LogP contribution in [0.3, 0.4) is 0 Å². The maximum atomic E-state index is 12.8. The van der Waals surface area contributed by atoms with Crippen LogP contribution in [-0.4, -0.2) is 72.6 Å². The zero-order valence-electron chi connectivity index (χ0n) is 18.6. The van der Waals surface area contributed by atoms with E-state index in [9.17, 15) is 9.59 Å². The number of nitrogens with one attached hydrogen (secondary N) is 1. The van der Waals surface area contributed by atoms with E-state index < -0.39 is 0 Å². The van der Waals surface area contributed by atoms with E-state index in [1.807, 2.05) is 4.90 Å². The fourth-order valence-electron chi connectivity index (χ4n) is 4.30. The summed E-state index contributed by atoms with van der Waals surface area (Å²) >= 11 is 0. The standard InChI is InChI=1S/C22H41N3O3/c1-6-24(19-10-14-28-22(4,5)15-19)16-20(26)25-12-8-18(9-13-25)21(27)23-11-7-17(2)3/h17-19H,6-16H2,1-5H3,(H,23,27). The van der Waals surface area contributed by atoms with Crippen LogP contribution in [0.4, 0.5) is 0 Å². The molecule has 2 saturated heterocycles. The van der Waals surface area contributed by atoms with Crippen molar-refractivity contribution in [2.45, 2.75) is 78.4 Å². The molecule has 1 N–H and O–H groups in total. The van der Waals surface area contributed by atoms with Crippen molar-refractivity contribution in [3.05, 3.63) is 0 Å². The predicted octanol–water partition coefficient (Wildman–Crippen LogP) is 2.67. The molecule has 0 radical (unpaired) electrons. The van der Waals surface area contributed by atoms with Gasteiger partial charge in [0.1, 0.15) is 0 Å². The van der Waals surface area contributed by atoms with Crippen LogP contribution >= 0.6 is 0 Å². The number of amides is 2. The zero-order chi connectivity index (χ0) is 20.7. The predicted molar refractivity (Wildman–Crippen MR) is 112 cm³/mol. The highest BCUT2D eigenvalue weighted by molar-refractivity contribution is 5.80. The van der Waals surface area contributed by atoms with Crippen LogP contribution in [0, 0.1) is 11.8 Å². The highest BCUT2D eigenvalue weighted by Gasteiger charge is 2.34. The monoisotopic (exact) mass is 395 g/mol. The fraction of sp³-hybridized carbons (Fsp3) is 0.909. The largest absolute Gasteiger partial charge is 0.375 e. The Balaban J connectivity index is 1.77. The van der Waals surface area contributed by atoms with E-state index in [-0.39, 0.29) is 23.3 Å². The van der Waals surface area contributed by atoms with Crippen molar-refractivity contribution >= 4 is 11.8 Å². The van der Waals surface area contributed by atoms with Crippen LogP contribution in [0.1, 0.15) is 66.7 Å². The van der Waals surface area contributed by atoms with E-state index >= 15 is 0 Å². The summed E-state index contributed by atoms with van der Waals surface area (Å²) in [4.78, 5) is 29.4. The lowest BCUT2D eigenvalue weighted by molar-refractivity contribution is -0.138. The molecule has 0 aromatic heterocycles. The first kappa shape index (κ1) is 23.1. The number of piperidine rings is 1. The van der Waals surface area contributed by atoms with Crippen LogP contribution in [0.2, 0.25) is 0 Å². The molecule has 6 nitrogen and oxygen atoms in total. The average Bonchev–Trinajstić information content (AvgIpc) is 2.64. The van der Waals surface area contributed by atoms with Gasteiger partial charge < -0.3 is 15.0 Å². The van der Waals surface area contributed by atoms with Gasteiger partial charge in [0, 0.05) is 38.2 Å². The number of likely N-dealkylation sites (N-methyl/N-ethyl adjacent to an activating group) is 1. The van der Waals surface area contributed by atoms with E-state index in [2.05, 4.69) is 44.8 Å². The Morgan fingerprint density at radius 3 is 2.46 bits per heavy atom. The molecule has 28 heavy (non-hydrogen) atoms. The molecule has 0 spiro atoms. The topological polar surface area (TPSA) is 61.9 Å². The highest BCUT2D eigenvalue weighted by Crippen LogP contribution is 2.27. The molecule has 0 aromatic rings. The first-order valence-electron chi connectivity index (χ1n) is 11.2. The van der Waals surface area contributed by atoms with Gasteiger partial charge in [-0.2, -0.15) is 0 Å². The van der Waals surface area contributed by atoms with Gasteiger partial charge in [0.05, 0.1) is 12.1 Å². The van der Waals surface area contributed by atoms with E-state index in [0.29, 0.717) is 31.6 Å². The smallest absolute Gasteiger partial charge is 0.236 e. The van der Waals surface area contributed by atoms with Crippen molar-refractivity contribution in [2.75, 3.05) is 39.3 Å².